The van der Waals surface area contributed by atoms with Gasteiger partial charge in [-0.25, -0.2) is 13.1 Å². The van der Waals surface area contributed by atoms with E-state index >= 15 is 0 Å². The highest BCUT2D eigenvalue weighted by atomic mass is 32.2. The molecule has 0 atom stereocenters. The monoisotopic (exact) mass is 298 g/mol. The van der Waals surface area contributed by atoms with Crippen molar-refractivity contribution in [1.29, 1.82) is 0 Å². The van der Waals surface area contributed by atoms with Gasteiger partial charge in [-0.1, -0.05) is 36.4 Å². The molecule has 0 aliphatic heterocycles. The summed E-state index contributed by atoms with van der Waals surface area (Å²) in [6, 6.07) is 16.3. The molecule has 0 saturated heterocycles. The summed E-state index contributed by atoms with van der Waals surface area (Å²) in [7, 11) is -3.56. The predicted molar refractivity (Wildman–Crippen MR) is 82.2 cm³/mol. The lowest BCUT2D eigenvalue weighted by atomic mass is 10.1. The molecule has 0 saturated carbocycles. The minimum Gasteiger partial charge on any atom is -0.265 e. The highest BCUT2D eigenvalue weighted by molar-refractivity contribution is 7.89. The van der Waals surface area contributed by atoms with Crippen molar-refractivity contribution in [2.45, 2.75) is 11.4 Å². The van der Waals surface area contributed by atoms with Gasteiger partial charge in [0.15, 0.2) is 0 Å². The molecule has 2 aromatic carbocycles. The lowest BCUT2D eigenvalue weighted by molar-refractivity contribution is 0.582. The van der Waals surface area contributed by atoms with Crippen LogP contribution in [-0.2, 0) is 16.6 Å². The van der Waals surface area contributed by atoms with E-state index in [1.165, 1.54) is 0 Å². The summed E-state index contributed by atoms with van der Waals surface area (Å²) in [4.78, 5) is 4.21. The molecule has 21 heavy (non-hydrogen) atoms. The number of nitrogens with zero attached hydrogens (tertiary/aromatic N) is 1. The normalized spacial score (nSPS) is 11.6. The van der Waals surface area contributed by atoms with E-state index in [0.29, 0.717) is 4.90 Å². The van der Waals surface area contributed by atoms with Gasteiger partial charge < -0.3 is 0 Å². The van der Waals surface area contributed by atoms with Crippen LogP contribution < -0.4 is 4.72 Å². The van der Waals surface area contributed by atoms with Crippen LogP contribution >= 0.6 is 0 Å². The molecule has 0 aliphatic rings. The standard InChI is InChI=1S/C16H14N2O2S/c19-21(20,18-12-13-8-10-17-11-9-13)16-7-3-5-14-4-1-2-6-15(14)16/h1-11,18H,12H2. The minimum atomic E-state index is -3.56. The SMILES string of the molecule is O=S(=O)(NCc1ccncc1)c1cccc2ccccc12. The third kappa shape index (κ3) is 2.94. The molecule has 0 bridgehead atoms. The van der Waals surface area contributed by atoms with Crippen molar-refractivity contribution < 1.29 is 8.42 Å². The summed E-state index contributed by atoms with van der Waals surface area (Å²) < 4.78 is 27.6. The first-order chi connectivity index (χ1) is 10.2. The van der Waals surface area contributed by atoms with Crippen LogP contribution in [0.1, 0.15) is 5.56 Å². The number of benzene rings is 2. The second-order valence-corrected chi connectivity index (χ2v) is 6.39. The molecular formula is C16H14N2O2S. The highest BCUT2D eigenvalue weighted by Crippen LogP contribution is 2.22. The summed E-state index contributed by atoms with van der Waals surface area (Å²) in [5, 5.41) is 1.63. The van der Waals surface area contributed by atoms with Crippen molar-refractivity contribution in [2.75, 3.05) is 0 Å². The second kappa shape index (κ2) is 5.63. The van der Waals surface area contributed by atoms with Crippen LogP contribution in [0.2, 0.25) is 0 Å². The van der Waals surface area contributed by atoms with Gasteiger partial charge in [-0.3, -0.25) is 4.98 Å². The zero-order valence-corrected chi connectivity index (χ0v) is 12.0. The van der Waals surface area contributed by atoms with Gasteiger partial charge in [-0.2, -0.15) is 0 Å². The highest BCUT2D eigenvalue weighted by Gasteiger charge is 2.16. The number of hydrogen-bond acceptors (Lipinski definition) is 3. The van der Waals surface area contributed by atoms with E-state index in [4.69, 9.17) is 0 Å². The summed E-state index contributed by atoms with van der Waals surface area (Å²) in [5.74, 6) is 0. The third-order valence-corrected chi connectivity index (χ3v) is 4.71. The minimum absolute atomic E-state index is 0.244. The first kappa shape index (κ1) is 13.7. The van der Waals surface area contributed by atoms with Gasteiger partial charge in [0.1, 0.15) is 0 Å². The van der Waals surface area contributed by atoms with Crippen molar-refractivity contribution in [3.63, 3.8) is 0 Å². The quantitative estimate of drug-likeness (QED) is 0.805. The smallest absolute Gasteiger partial charge is 0.241 e. The zero-order chi connectivity index (χ0) is 14.7. The van der Waals surface area contributed by atoms with E-state index in [2.05, 4.69) is 9.71 Å². The van der Waals surface area contributed by atoms with Gasteiger partial charge in [0.05, 0.1) is 4.90 Å². The van der Waals surface area contributed by atoms with Gasteiger partial charge in [0.2, 0.25) is 10.0 Å². The Kier molecular flexibility index (Phi) is 3.68. The Morgan fingerprint density at radius 2 is 1.62 bits per heavy atom. The van der Waals surface area contributed by atoms with Gasteiger partial charge in [0.25, 0.3) is 0 Å². The van der Waals surface area contributed by atoms with Crippen molar-refractivity contribution in [3.8, 4) is 0 Å². The molecular weight excluding hydrogens is 284 g/mol. The van der Waals surface area contributed by atoms with Crippen molar-refractivity contribution in [2.24, 2.45) is 0 Å². The fourth-order valence-electron chi connectivity index (χ4n) is 2.19. The number of sulfonamides is 1. The number of nitrogens with one attached hydrogen (secondary N) is 1. The van der Waals surface area contributed by atoms with Crippen LogP contribution in [0.4, 0.5) is 0 Å². The van der Waals surface area contributed by atoms with Crippen LogP contribution in [-0.4, -0.2) is 13.4 Å². The van der Waals surface area contributed by atoms with Crippen molar-refractivity contribution in [1.82, 2.24) is 9.71 Å². The molecule has 0 unspecified atom stereocenters. The topological polar surface area (TPSA) is 59.1 Å². The fourth-order valence-corrected chi connectivity index (χ4v) is 3.43. The molecule has 0 amide bonds. The lowest BCUT2D eigenvalue weighted by Gasteiger charge is -2.09. The van der Waals surface area contributed by atoms with Crippen LogP contribution in [0.25, 0.3) is 10.8 Å². The lowest BCUT2D eigenvalue weighted by Crippen LogP contribution is -2.23. The van der Waals surface area contributed by atoms with Gasteiger partial charge in [-0.05, 0) is 29.1 Å². The molecule has 5 heteroatoms. The average molecular weight is 298 g/mol. The van der Waals surface area contributed by atoms with Gasteiger partial charge >= 0.3 is 0 Å². The summed E-state index contributed by atoms with van der Waals surface area (Å²) in [6.45, 7) is 0.244. The Bertz CT molecular complexity index is 856. The fraction of sp³-hybridized carbons (Fsp3) is 0.0625. The Morgan fingerprint density at radius 3 is 2.43 bits per heavy atom. The number of aromatic nitrogens is 1. The third-order valence-electron chi connectivity index (χ3n) is 3.25. The second-order valence-electron chi connectivity index (χ2n) is 4.66. The first-order valence-electron chi connectivity index (χ1n) is 6.53. The van der Waals surface area contributed by atoms with Gasteiger partial charge in [-0.15, -0.1) is 0 Å². The summed E-state index contributed by atoms with van der Waals surface area (Å²) >= 11 is 0. The molecule has 1 aromatic heterocycles. The van der Waals surface area contributed by atoms with E-state index in [9.17, 15) is 8.42 Å². The molecule has 1 heterocycles. The maximum atomic E-state index is 12.5. The summed E-state index contributed by atoms with van der Waals surface area (Å²) in [6.07, 6.45) is 3.28. The molecule has 0 fully saturated rings. The Labute approximate surface area is 123 Å². The van der Waals surface area contributed by atoms with Crippen molar-refractivity contribution >= 4 is 20.8 Å². The van der Waals surface area contributed by atoms with Crippen molar-refractivity contribution in [3.05, 3.63) is 72.6 Å². The Hall–Kier alpha value is -2.24. The number of fused-ring (bicyclic) bond motifs is 1. The molecule has 3 rings (SSSR count). The maximum Gasteiger partial charge on any atom is 0.241 e. The molecule has 1 N–H and O–H groups in total. The summed E-state index contributed by atoms with van der Waals surface area (Å²) in [5.41, 5.74) is 0.869. The Morgan fingerprint density at radius 1 is 0.905 bits per heavy atom. The zero-order valence-electron chi connectivity index (χ0n) is 11.2. The van der Waals surface area contributed by atoms with E-state index in [-0.39, 0.29) is 6.54 Å². The molecule has 106 valence electrons. The molecule has 0 radical (unpaired) electrons. The largest absolute Gasteiger partial charge is 0.265 e. The maximum absolute atomic E-state index is 12.5. The van der Waals surface area contributed by atoms with Crippen LogP contribution in [0, 0.1) is 0 Å². The van der Waals surface area contributed by atoms with Crippen LogP contribution in [0.15, 0.2) is 71.9 Å². The van der Waals surface area contributed by atoms with E-state index in [1.807, 2.05) is 30.3 Å². The molecule has 0 spiro atoms. The molecule has 3 aromatic rings. The van der Waals surface area contributed by atoms with E-state index in [1.54, 1.807) is 36.7 Å². The average Bonchev–Trinajstić information content (AvgIpc) is 2.53. The molecule has 0 aliphatic carbocycles. The van der Waals surface area contributed by atoms with Crippen LogP contribution in [0.3, 0.4) is 0 Å². The first-order valence-corrected chi connectivity index (χ1v) is 8.01. The number of pyridine rings is 1. The predicted octanol–water partition coefficient (Wildman–Crippen LogP) is 2.71. The van der Waals surface area contributed by atoms with E-state index < -0.39 is 10.0 Å². The number of hydrogen-bond donors (Lipinski definition) is 1. The van der Waals surface area contributed by atoms with E-state index in [0.717, 1.165) is 16.3 Å². The molecule has 4 nitrogen and oxygen atoms in total. The van der Waals surface area contributed by atoms with Gasteiger partial charge in [0, 0.05) is 24.3 Å². The van der Waals surface area contributed by atoms with Crippen LogP contribution in [0.5, 0.6) is 0 Å². The Balaban J connectivity index is 1.94. The number of rotatable bonds is 4.